The number of rotatable bonds is 7. The molecule has 0 atom stereocenters. The molecule has 0 aliphatic rings. The number of unbranched alkanes of at least 4 members (excludes halogenated alkanes) is 2. The van der Waals surface area contributed by atoms with Crippen molar-refractivity contribution in [3.63, 3.8) is 0 Å². The van der Waals surface area contributed by atoms with Crippen LogP contribution in [0.3, 0.4) is 0 Å². The number of aromatic nitrogens is 2. The smallest absolute Gasteiger partial charge is 0.137 e. The molecular weight excluding hydrogens is 238 g/mol. The van der Waals surface area contributed by atoms with Gasteiger partial charge in [0.05, 0.1) is 0 Å². The molecule has 0 fully saturated rings. The molecule has 96 valence electrons. The minimum absolute atomic E-state index is 0.527. The second-order valence-electron chi connectivity index (χ2n) is 4.02. The molecule has 0 aromatic carbocycles. The summed E-state index contributed by atoms with van der Waals surface area (Å²) in [5.74, 6) is 1.54. The minimum Gasteiger partial charge on any atom is -0.385 e. The lowest BCUT2D eigenvalue weighted by molar-refractivity contribution is 0.192. The summed E-state index contributed by atoms with van der Waals surface area (Å²) >= 11 is 5.99. The van der Waals surface area contributed by atoms with Gasteiger partial charge in [-0.25, -0.2) is 9.97 Å². The van der Waals surface area contributed by atoms with Crippen molar-refractivity contribution in [3.05, 3.63) is 16.5 Å². The van der Waals surface area contributed by atoms with Crippen LogP contribution in [0.4, 0.5) is 5.82 Å². The Morgan fingerprint density at radius 1 is 1.18 bits per heavy atom. The molecule has 5 heteroatoms. The molecule has 0 amide bonds. The van der Waals surface area contributed by atoms with Gasteiger partial charge in [0.15, 0.2) is 0 Å². The zero-order chi connectivity index (χ0) is 12.7. The monoisotopic (exact) mass is 257 g/mol. The van der Waals surface area contributed by atoms with Gasteiger partial charge in [-0.1, -0.05) is 11.6 Å². The molecule has 0 bridgehead atoms. The highest BCUT2D eigenvalue weighted by Gasteiger charge is 2.06. The van der Waals surface area contributed by atoms with E-state index in [4.69, 9.17) is 16.3 Å². The molecule has 0 saturated heterocycles. The standard InChI is InChI=1S/C12H20ClN3O/c1-9-11(13)15-10(2)16-12(9)14-7-5-4-6-8-17-3/h4-8H2,1-3H3,(H,14,15,16). The first-order chi connectivity index (χ1) is 8.15. The van der Waals surface area contributed by atoms with E-state index in [0.29, 0.717) is 11.0 Å². The van der Waals surface area contributed by atoms with Crippen LogP contribution in [0.15, 0.2) is 0 Å². The van der Waals surface area contributed by atoms with Gasteiger partial charge in [0.1, 0.15) is 16.8 Å². The Kier molecular flexibility index (Phi) is 6.22. The number of hydrogen-bond acceptors (Lipinski definition) is 4. The highest BCUT2D eigenvalue weighted by Crippen LogP contribution is 2.19. The summed E-state index contributed by atoms with van der Waals surface area (Å²) in [6.45, 7) is 5.50. The third kappa shape index (κ3) is 4.88. The van der Waals surface area contributed by atoms with Crippen molar-refractivity contribution in [2.75, 3.05) is 25.6 Å². The maximum absolute atomic E-state index is 5.99. The van der Waals surface area contributed by atoms with Crippen LogP contribution in [0.1, 0.15) is 30.7 Å². The van der Waals surface area contributed by atoms with Gasteiger partial charge in [0.25, 0.3) is 0 Å². The second-order valence-corrected chi connectivity index (χ2v) is 4.37. The SMILES string of the molecule is COCCCCCNc1nc(C)nc(Cl)c1C. The van der Waals surface area contributed by atoms with Gasteiger partial charge in [0, 0.05) is 25.8 Å². The van der Waals surface area contributed by atoms with Gasteiger partial charge in [0.2, 0.25) is 0 Å². The predicted molar refractivity (Wildman–Crippen MR) is 70.7 cm³/mol. The minimum atomic E-state index is 0.527. The lowest BCUT2D eigenvalue weighted by Crippen LogP contribution is -2.07. The van der Waals surface area contributed by atoms with Crippen molar-refractivity contribution in [2.45, 2.75) is 33.1 Å². The molecule has 1 heterocycles. The lowest BCUT2D eigenvalue weighted by atomic mass is 10.2. The second kappa shape index (κ2) is 7.45. The fraction of sp³-hybridized carbons (Fsp3) is 0.667. The molecule has 0 spiro atoms. The maximum atomic E-state index is 5.99. The number of ether oxygens (including phenoxy) is 1. The van der Waals surface area contributed by atoms with Crippen molar-refractivity contribution >= 4 is 17.4 Å². The Bertz CT molecular complexity index is 358. The number of nitrogens with one attached hydrogen (secondary N) is 1. The Morgan fingerprint density at radius 2 is 1.94 bits per heavy atom. The first-order valence-corrected chi connectivity index (χ1v) is 6.26. The van der Waals surface area contributed by atoms with Gasteiger partial charge < -0.3 is 10.1 Å². The summed E-state index contributed by atoms with van der Waals surface area (Å²) in [6, 6.07) is 0. The fourth-order valence-corrected chi connectivity index (χ4v) is 1.73. The van der Waals surface area contributed by atoms with E-state index in [9.17, 15) is 0 Å². The highest BCUT2D eigenvalue weighted by atomic mass is 35.5. The summed E-state index contributed by atoms with van der Waals surface area (Å²) in [4.78, 5) is 8.44. The van der Waals surface area contributed by atoms with Crippen LogP contribution in [0, 0.1) is 13.8 Å². The van der Waals surface area contributed by atoms with E-state index in [1.807, 2.05) is 13.8 Å². The van der Waals surface area contributed by atoms with Gasteiger partial charge in [-0.3, -0.25) is 0 Å². The van der Waals surface area contributed by atoms with Gasteiger partial charge in [-0.2, -0.15) is 0 Å². The first kappa shape index (κ1) is 14.2. The van der Waals surface area contributed by atoms with Gasteiger partial charge in [-0.05, 0) is 33.1 Å². The third-order valence-corrected chi connectivity index (χ3v) is 2.88. The quantitative estimate of drug-likeness (QED) is 0.603. The van der Waals surface area contributed by atoms with Crippen LogP contribution in [0.2, 0.25) is 5.15 Å². The maximum Gasteiger partial charge on any atom is 0.137 e. The van der Waals surface area contributed by atoms with Crippen LogP contribution in [-0.2, 0) is 4.74 Å². The fourth-order valence-electron chi connectivity index (χ4n) is 1.52. The topological polar surface area (TPSA) is 47.0 Å². The molecule has 17 heavy (non-hydrogen) atoms. The van der Waals surface area contributed by atoms with Crippen LogP contribution in [-0.4, -0.2) is 30.2 Å². The summed E-state index contributed by atoms with van der Waals surface area (Å²) in [5.41, 5.74) is 0.911. The first-order valence-electron chi connectivity index (χ1n) is 5.88. The molecule has 0 aliphatic carbocycles. The van der Waals surface area contributed by atoms with E-state index >= 15 is 0 Å². The number of nitrogens with zero attached hydrogens (tertiary/aromatic N) is 2. The normalized spacial score (nSPS) is 10.6. The molecule has 0 aliphatic heterocycles. The van der Waals surface area contributed by atoms with Crippen molar-refractivity contribution in [2.24, 2.45) is 0 Å². The van der Waals surface area contributed by atoms with Crippen LogP contribution in [0.5, 0.6) is 0 Å². The molecular formula is C12H20ClN3O. The Balaban J connectivity index is 2.36. The molecule has 4 nitrogen and oxygen atoms in total. The van der Waals surface area contributed by atoms with E-state index < -0.39 is 0 Å². The molecule has 0 unspecified atom stereocenters. The van der Waals surface area contributed by atoms with Crippen LogP contribution in [0.25, 0.3) is 0 Å². The summed E-state index contributed by atoms with van der Waals surface area (Å²) in [5, 5.41) is 3.82. The molecule has 1 aromatic rings. The molecule has 0 radical (unpaired) electrons. The van der Waals surface area contributed by atoms with E-state index in [1.54, 1.807) is 7.11 Å². The molecule has 0 saturated carbocycles. The number of anilines is 1. The average Bonchev–Trinajstić information content (AvgIpc) is 2.29. The number of methoxy groups -OCH3 is 1. The zero-order valence-corrected chi connectivity index (χ0v) is 11.5. The van der Waals surface area contributed by atoms with E-state index in [1.165, 1.54) is 0 Å². The molecule has 1 aromatic heterocycles. The zero-order valence-electron chi connectivity index (χ0n) is 10.7. The highest BCUT2D eigenvalue weighted by molar-refractivity contribution is 6.30. The van der Waals surface area contributed by atoms with Gasteiger partial charge >= 0.3 is 0 Å². The van der Waals surface area contributed by atoms with Crippen molar-refractivity contribution < 1.29 is 4.74 Å². The van der Waals surface area contributed by atoms with E-state index in [2.05, 4.69) is 15.3 Å². The number of aryl methyl sites for hydroxylation is 1. The van der Waals surface area contributed by atoms with E-state index in [0.717, 1.165) is 43.8 Å². The lowest BCUT2D eigenvalue weighted by Gasteiger charge is -2.10. The summed E-state index contributed by atoms with van der Waals surface area (Å²) < 4.78 is 5.00. The van der Waals surface area contributed by atoms with Crippen molar-refractivity contribution in [1.82, 2.24) is 9.97 Å². The Hall–Kier alpha value is -0.870. The Labute approximate surface area is 108 Å². The average molecular weight is 258 g/mol. The van der Waals surface area contributed by atoms with Crippen LogP contribution < -0.4 is 5.32 Å². The van der Waals surface area contributed by atoms with Crippen molar-refractivity contribution in [3.8, 4) is 0 Å². The molecule has 1 rings (SSSR count). The predicted octanol–water partition coefficient (Wildman–Crippen LogP) is 2.98. The summed E-state index contributed by atoms with van der Waals surface area (Å²) in [6.07, 6.45) is 3.35. The van der Waals surface area contributed by atoms with Crippen LogP contribution >= 0.6 is 11.6 Å². The summed E-state index contributed by atoms with van der Waals surface area (Å²) in [7, 11) is 1.73. The van der Waals surface area contributed by atoms with E-state index in [-0.39, 0.29) is 0 Å². The number of hydrogen-bond donors (Lipinski definition) is 1. The largest absolute Gasteiger partial charge is 0.385 e. The third-order valence-electron chi connectivity index (χ3n) is 2.52. The van der Waals surface area contributed by atoms with Gasteiger partial charge in [-0.15, -0.1) is 0 Å². The number of halogens is 1. The van der Waals surface area contributed by atoms with Crippen molar-refractivity contribution in [1.29, 1.82) is 0 Å². The Morgan fingerprint density at radius 3 is 2.65 bits per heavy atom. The molecule has 1 N–H and O–H groups in total.